The molecule has 1 saturated carbocycles. The first-order valence-electron chi connectivity index (χ1n) is 7.68. The average molecular weight is 330 g/mol. The number of alkyl halides is 3. The maximum absolute atomic E-state index is 12.4. The zero-order chi connectivity index (χ0) is 16.9. The van der Waals surface area contributed by atoms with Gasteiger partial charge in [0.15, 0.2) is 0 Å². The van der Waals surface area contributed by atoms with Crippen LogP contribution in [0.15, 0.2) is 24.3 Å². The van der Waals surface area contributed by atoms with Crippen LogP contribution in [0.3, 0.4) is 0 Å². The fourth-order valence-electron chi connectivity index (χ4n) is 2.97. The van der Waals surface area contributed by atoms with Crippen molar-refractivity contribution in [2.24, 2.45) is 5.73 Å². The Hall–Kier alpha value is -1.76. The molecule has 1 aromatic rings. The summed E-state index contributed by atoms with van der Waals surface area (Å²) in [6, 6.07) is 5.86. The summed E-state index contributed by atoms with van der Waals surface area (Å²) in [4.78, 5) is 12.1. The zero-order valence-corrected chi connectivity index (χ0v) is 12.8. The summed E-state index contributed by atoms with van der Waals surface area (Å²) in [7, 11) is 0. The minimum atomic E-state index is -4.74. The Morgan fingerprint density at radius 3 is 2.52 bits per heavy atom. The van der Waals surface area contributed by atoms with Gasteiger partial charge < -0.3 is 15.8 Å². The quantitative estimate of drug-likeness (QED) is 0.843. The molecule has 0 aromatic heterocycles. The van der Waals surface area contributed by atoms with Gasteiger partial charge in [0, 0.05) is 13.0 Å². The summed E-state index contributed by atoms with van der Waals surface area (Å²) in [5.41, 5.74) is 5.76. The lowest BCUT2D eigenvalue weighted by atomic mass is 9.97. The molecule has 0 atom stereocenters. The first kappa shape index (κ1) is 17.6. The summed E-state index contributed by atoms with van der Waals surface area (Å²) in [5.74, 6) is -0.457. The van der Waals surface area contributed by atoms with Gasteiger partial charge in [-0.1, -0.05) is 31.0 Å². The second-order valence-corrected chi connectivity index (χ2v) is 5.90. The number of amides is 1. The summed E-state index contributed by atoms with van der Waals surface area (Å²) in [6.45, 7) is 0.381. The maximum Gasteiger partial charge on any atom is 0.573 e. The van der Waals surface area contributed by atoms with Gasteiger partial charge in [0.2, 0.25) is 5.91 Å². The van der Waals surface area contributed by atoms with E-state index in [1.165, 1.54) is 18.2 Å². The number of halogens is 3. The third kappa shape index (κ3) is 5.13. The van der Waals surface area contributed by atoms with Crippen LogP contribution in [0.4, 0.5) is 13.2 Å². The number of nitrogens with one attached hydrogen (secondary N) is 1. The predicted octanol–water partition coefficient (Wildman–Crippen LogP) is 2.91. The Morgan fingerprint density at radius 2 is 1.91 bits per heavy atom. The molecule has 0 saturated heterocycles. The molecule has 0 heterocycles. The molecule has 23 heavy (non-hydrogen) atoms. The monoisotopic (exact) mass is 330 g/mol. The van der Waals surface area contributed by atoms with E-state index in [9.17, 15) is 18.0 Å². The number of hydrogen-bond donors (Lipinski definition) is 2. The number of nitrogens with two attached hydrogens (primary N) is 1. The van der Waals surface area contributed by atoms with E-state index in [4.69, 9.17) is 5.73 Å². The standard InChI is InChI=1S/C16H21F3N2O2/c17-16(18,19)23-13-6-2-1-5-12(13)7-8-14(22)21-15(11-20)9-3-4-10-15/h1-2,5-6H,3-4,7-11,20H2,(H,21,22). The fourth-order valence-corrected chi connectivity index (χ4v) is 2.97. The molecule has 3 N–H and O–H groups in total. The van der Waals surface area contributed by atoms with E-state index in [0.29, 0.717) is 12.1 Å². The van der Waals surface area contributed by atoms with Crippen LogP contribution < -0.4 is 15.8 Å². The van der Waals surface area contributed by atoms with E-state index in [0.717, 1.165) is 25.7 Å². The predicted molar refractivity (Wildman–Crippen MR) is 79.8 cm³/mol. The number of aryl methyl sites for hydroxylation is 1. The molecule has 1 amide bonds. The van der Waals surface area contributed by atoms with Crippen molar-refractivity contribution < 1.29 is 22.7 Å². The lowest BCUT2D eigenvalue weighted by molar-refractivity contribution is -0.274. The third-order valence-electron chi connectivity index (χ3n) is 4.18. The normalized spacial score (nSPS) is 17.0. The Kier molecular flexibility index (Phi) is 5.51. The highest BCUT2D eigenvalue weighted by molar-refractivity contribution is 5.77. The Bertz CT molecular complexity index is 540. The number of para-hydroxylation sites is 1. The molecule has 0 aliphatic heterocycles. The van der Waals surface area contributed by atoms with Crippen LogP contribution in [0.1, 0.15) is 37.7 Å². The van der Waals surface area contributed by atoms with E-state index in [-0.39, 0.29) is 30.0 Å². The Morgan fingerprint density at radius 1 is 1.26 bits per heavy atom. The topological polar surface area (TPSA) is 64.3 Å². The highest BCUT2D eigenvalue weighted by Gasteiger charge is 2.34. The van der Waals surface area contributed by atoms with Crippen LogP contribution in [0, 0.1) is 0 Å². The van der Waals surface area contributed by atoms with Crippen LogP contribution >= 0.6 is 0 Å². The van der Waals surface area contributed by atoms with Crippen LogP contribution in [-0.2, 0) is 11.2 Å². The highest BCUT2D eigenvalue weighted by atomic mass is 19.4. The highest BCUT2D eigenvalue weighted by Crippen LogP contribution is 2.29. The van der Waals surface area contributed by atoms with Crippen molar-refractivity contribution in [1.82, 2.24) is 5.32 Å². The minimum absolute atomic E-state index is 0.0972. The van der Waals surface area contributed by atoms with Crippen LogP contribution in [0.2, 0.25) is 0 Å². The molecule has 1 aliphatic carbocycles. The lowest BCUT2D eigenvalue weighted by Gasteiger charge is -2.28. The van der Waals surface area contributed by atoms with E-state index < -0.39 is 6.36 Å². The molecule has 0 spiro atoms. The van der Waals surface area contributed by atoms with Crippen molar-refractivity contribution in [3.63, 3.8) is 0 Å². The molecular formula is C16H21F3N2O2. The molecule has 128 valence electrons. The summed E-state index contributed by atoms with van der Waals surface area (Å²) in [5, 5.41) is 2.95. The first-order chi connectivity index (χ1) is 10.8. The maximum atomic E-state index is 12.4. The van der Waals surface area contributed by atoms with Gasteiger partial charge >= 0.3 is 6.36 Å². The molecule has 1 aliphatic rings. The molecule has 0 unspecified atom stereocenters. The summed E-state index contributed by atoms with van der Waals surface area (Å²) in [6.07, 6.45) is -0.712. The largest absolute Gasteiger partial charge is 0.573 e. The van der Waals surface area contributed by atoms with Crippen molar-refractivity contribution in [3.8, 4) is 5.75 Å². The van der Waals surface area contributed by atoms with Gasteiger partial charge in [-0.25, -0.2) is 0 Å². The number of carbonyl (C=O) groups excluding carboxylic acids is 1. The number of benzene rings is 1. The molecule has 1 fully saturated rings. The first-order valence-corrected chi connectivity index (χ1v) is 7.68. The zero-order valence-electron chi connectivity index (χ0n) is 12.8. The third-order valence-corrected chi connectivity index (χ3v) is 4.18. The second-order valence-electron chi connectivity index (χ2n) is 5.90. The van der Waals surface area contributed by atoms with E-state index >= 15 is 0 Å². The van der Waals surface area contributed by atoms with Gasteiger partial charge in [0.1, 0.15) is 5.75 Å². The van der Waals surface area contributed by atoms with Crippen molar-refractivity contribution in [3.05, 3.63) is 29.8 Å². The van der Waals surface area contributed by atoms with Gasteiger partial charge in [-0.2, -0.15) is 0 Å². The SMILES string of the molecule is NCC1(NC(=O)CCc2ccccc2OC(F)(F)F)CCCC1. The van der Waals surface area contributed by atoms with Crippen molar-refractivity contribution in [1.29, 1.82) is 0 Å². The Labute approximate surface area is 133 Å². The summed E-state index contributed by atoms with van der Waals surface area (Å²) < 4.78 is 41.1. The number of hydrogen-bond acceptors (Lipinski definition) is 3. The smallest absolute Gasteiger partial charge is 0.406 e. The molecule has 1 aromatic carbocycles. The molecule has 2 rings (SSSR count). The second kappa shape index (κ2) is 7.21. The van der Waals surface area contributed by atoms with Crippen molar-refractivity contribution in [2.45, 2.75) is 50.4 Å². The average Bonchev–Trinajstić information content (AvgIpc) is 2.94. The number of ether oxygens (including phenoxy) is 1. The van der Waals surface area contributed by atoms with E-state index in [1.807, 2.05) is 0 Å². The van der Waals surface area contributed by atoms with Gasteiger partial charge in [0.25, 0.3) is 0 Å². The minimum Gasteiger partial charge on any atom is -0.406 e. The van der Waals surface area contributed by atoms with Crippen LogP contribution in [0.5, 0.6) is 5.75 Å². The van der Waals surface area contributed by atoms with Gasteiger partial charge in [-0.15, -0.1) is 13.2 Å². The molecule has 0 radical (unpaired) electrons. The van der Waals surface area contributed by atoms with Crippen molar-refractivity contribution in [2.75, 3.05) is 6.54 Å². The number of rotatable bonds is 6. The van der Waals surface area contributed by atoms with Gasteiger partial charge in [0.05, 0.1) is 5.54 Å². The van der Waals surface area contributed by atoms with Gasteiger partial charge in [-0.05, 0) is 30.9 Å². The molecule has 4 nitrogen and oxygen atoms in total. The molecule has 7 heteroatoms. The summed E-state index contributed by atoms with van der Waals surface area (Å²) >= 11 is 0. The van der Waals surface area contributed by atoms with Crippen LogP contribution in [-0.4, -0.2) is 24.4 Å². The number of carbonyl (C=O) groups is 1. The van der Waals surface area contributed by atoms with E-state index in [1.54, 1.807) is 6.07 Å². The van der Waals surface area contributed by atoms with Crippen LogP contribution in [0.25, 0.3) is 0 Å². The molecular weight excluding hydrogens is 309 g/mol. The lowest BCUT2D eigenvalue weighted by Crippen LogP contribution is -2.51. The fraction of sp³-hybridized carbons (Fsp3) is 0.562. The van der Waals surface area contributed by atoms with Crippen molar-refractivity contribution >= 4 is 5.91 Å². The Balaban J connectivity index is 1.94. The molecule has 0 bridgehead atoms. The van der Waals surface area contributed by atoms with E-state index in [2.05, 4.69) is 10.1 Å². The van der Waals surface area contributed by atoms with Gasteiger partial charge in [-0.3, -0.25) is 4.79 Å².